The van der Waals surface area contributed by atoms with Crippen molar-refractivity contribution in [2.24, 2.45) is 0 Å². The van der Waals surface area contributed by atoms with Crippen LogP contribution in [0, 0.1) is 6.92 Å². The summed E-state index contributed by atoms with van der Waals surface area (Å²) in [6, 6.07) is 21.3. The molecule has 3 aromatic rings. The average molecular weight is 456 g/mol. The molecule has 0 radical (unpaired) electrons. The fourth-order valence-electron chi connectivity index (χ4n) is 3.80. The summed E-state index contributed by atoms with van der Waals surface area (Å²) < 4.78 is 31.5. The Balaban J connectivity index is 1.43. The van der Waals surface area contributed by atoms with Crippen molar-refractivity contribution in [3.8, 4) is 16.9 Å². The van der Waals surface area contributed by atoms with Crippen molar-refractivity contribution in [1.82, 2.24) is 4.72 Å². The monoisotopic (exact) mass is 455 g/mol. The molecular formula is C24H22ClNO4S. The van der Waals surface area contributed by atoms with Crippen LogP contribution < -0.4 is 9.46 Å². The molecule has 160 valence electrons. The summed E-state index contributed by atoms with van der Waals surface area (Å²) in [5.74, 6) is -0.213. The molecular weight excluding hydrogens is 434 g/mol. The highest BCUT2D eigenvalue weighted by Gasteiger charge is 2.30. The van der Waals surface area contributed by atoms with E-state index in [4.69, 9.17) is 16.3 Å². The van der Waals surface area contributed by atoms with Gasteiger partial charge in [0, 0.05) is 17.4 Å². The standard InChI is InChI=1S/C24H22ClNO4S/c1-16-11-21(25)7-10-23(16)19-4-2-3-17(12-19)14-30-22-8-5-18(6-9-22)20-13-24(27)26-31(28,29)15-20/h2-12,20H,13-15H2,1H3,(H,26,27). The number of halogens is 1. The van der Waals surface area contributed by atoms with Crippen LogP contribution in [0.25, 0.3) is 11.1 Å². The predicted octanol–water partition coefficient (Wildman–Crippen LogP) is 4.83. The van der Waals surface area contributed by atoms with Crippen molar-refractivity contribution >= 4 is 27.5 Å². The van der Waals surface area contributed by atoms with Gasteiger partial charge in [-0.25, -0.2) is 8.42 Å². The number of hydrogen-bond acceptors (Lipinski definition) is 4. The highest BCUT2D eigenvalue weighted by Crippen LogP contribution is 2.28. The van der Waals surface area contributed by atoms with Gasteiger partial charge in [0.2, 0.25) is 15.9 Å². The molecule has 7 heteroatoms. The normalized spacial score (nSPS) is 17.7. The average Bonchev–Trinajstić information content (AvgIpc) is 2.71. The maximum Gasteiger partial charge on any atom is 0.235 e. The van der Waals surface area contributed by atoms with Crippen molar-refractivity contribution in [1.29, 1.82) is 0 Å². The van der Waals surface area contributed by atoms with E-state index in [-0.39, 0.29) is 18.1 Å². The van der Waals surface area contributed by atoms with Gasteiger partial charge in [-0.15, -0.1) is 0 Å². The van der Waals surface area contributed by atoms with Crippen LogP contribution >= 0.6 is 11.6 Å². The molecule has 0 saturated carbocycles. The van der Waals surface area contributed by atoms with E-state index in [2.05, 4.69) is 12.1 Å². The Kier molecular flexibility index (Phi) is 6.03. The predicted molar refractivity (Wildman–Crippen MR) is 122 cm³/mol. The van der Waals surface area contributed by atoms with Crippen molar-refractivity contribution in [2.75, 3.05) is 5.75 Å². The molecule has 1 aliphatic heterocycles. The molecule has 0 aliphatic carbocycles. The highest BCUT2D eigenvalue weighted by molar-refractivity contribution is 7.90. The zero-order valence-corrected chi connectivity index (χ0v) is 18.5. The van der Waals surface area contributed by atoms with Crippen LogP contribution in [0.3, 0.4) is 0 Å². The quantitative estimate of drug-likeness (QED) is 0.598. The molecule has 0 aromatic heterocycles. The maximum atomic E-state index is 11.8. The maximum absolute atomic E-state index is 11.8. The number of amides is 1. The Morgan fingerprint density at radius 3 is 2.55 bits per heavy atom. The van der Waals surface area contributed by atoms with Gasteiger partial charge in [-0.2, -0.15) is 0 Å². The molecule has 0 bridgehead atoms. The van der Waals surface area contributed by atoms with Gasteiger partial charge in [-0.1, -0.05) is 48.0 Å². The highest BCUT2D eigenvalue weighted by atomic mass is 35.5. The summed E-state index contributed by atoms with van der Waals surface area (Å²) in [6.07, 6.45) is 0.163. The third kappa shape index (κ3) is 5.27. The number of sulfonamides is 1. The van der Waals surface area contributed by atoms with E-state index in [1.54, 1.807) is 0 Å². The van der Waals surface area contributed by atoms with Gasteiger partial charge < -0.3 is 4.74 Å². The van der Waals surface area contributed by atoms with Crippen molar-refractivity contribution in [2.45, 2.75) is 25.9 Å². The first kappa shape index (κ1) is 21.4. The number of nitrogens with one attached hydrogen (secondary N) is 1. The van der Waals surface area contributed by atoms with Crippen LogP contribution in [-0.2, 0) is 21.4 Å². The molecule has 1 saturated heterocycles. The second-order valence-electron chi connectivity index (χ2n) is 7.73. The first-order valence-electron chi connectivity index (χ1n) is 9.91. The molecule has 1 unspecified atom stereocenters. The van der Waals surface area contributed by atoms with Crippen LogP contribution in [0.2, 0.25) is 5.02 Å². The lowest BCUT2D eigenvalue weighted by atomic mass is 9.97. The van der Waals surface area contributed by atoms with E-state index in [1.807, 2.05) is 66.2 Å². The molecule has 3 aromatic carbocycles. The van der Waals surface area contributed by atoms with E-state index < -0.39 is 15.9 Å². The molecule has 31 heavy (non-hydrogen) atoms. The molecule has 5 nitrogen and oxygen atoms in total. The number of aryl methyl sites for hydroxylation is 1. The molecule has 1 atom stereocenters. The first-order chi connectivity index (χ1) is 14.8. The molecule has 1 N–H and O–H groups in total. The SMILES string of the molecule is Cc1cc(Cl)ccc1-c1cccc(COc2ccc(C3CC(=O)NS(=O)(=O)C3)cc2)c1. The van der Waals surface area contributed by atoms with E-state index in [0.29, 0.717) is 12.4 Å². The zero-order chi connectivity index (χ0) is 22.0. The minimum Gasteiger partial charge on any atom is -0.489 e. The van der Waals surface area contributed by atoms with E-state index in [1.165, 1.54) is 0 Å². The van der Waals surface area contributed by atoms with Crippen LogP contribution in [0.4, 0.5) is 0 Å². The minimum absolute atomic E-state index is 0.0874. The van der Waals surface area contributed by atoms with Gasteiger partial charge in [-0.3, -0.25) is 9.52 Å². The third-order valence-corrected chi connectivity index (χ3v) is 6.92. The lowest BCUT2D eigenvalue weighted by molar-refractivity contribution is -0.119. The summed E-state index contributed by atoms with van der Waals surface area (Å²) in [6.45, 7) is 2.44. The van der Waals surface area contributed by atoms with Gasteiger partial charge in [0.05, 0.1) is 5.75 Å². The van der Waals surface area contributed by atoms with Crippen LogP contribution in [0.5, 0.6) is 5.75 Å². The largest absolute Gasteiger partial charge is 0.489 e. The third-order valence-electron chi connectivity index (χ3n) is 5.31. The Morgan fingerprint density at radius 1 is 1.06 bits per heavy atom. The number of ether oxygens (including phenoxy) is 1. The Bertz CT molecular complexity index is 1220. The van der Waals surface area contributed by atoms with Crippen molar-refractivity contribution in [3.05, 3.63) is 88.4 Å². The number of benzene rings is 3. The van der Waals surface area contributed by atoms with Gasteiger partial charge in [0.15, 0.2) is 0 Å². The molecule has 0 spiro atoms. The number of carbonyl (C=O) groups excluding carboxylic acids is 1. The fourth-order valence-corrected chi connectivity index (χ4v) is 5.38. The lowest BCUT2D eigenvalue weighted by Gasteiger charge is -2.22. The van der Waals surface area contributed by atoms with E-state index in [0.717, 1.165) is 32.8 Å². The van der Waals surface area contributed by atoms with Gasteiger partial charge >= 0.3 is 0 Å². The van der Waals surface area contributed by atoms with Crippen LogP contribution in [0.15, 0.2) is 66.7 Å². The Morgan fingerprint density at radius 2 is 1.84 bits per heavy atom. The topological polar surface area (TPSA) is 72.5 Å². The summed E-state index contributed by atoms with van der Waals surface area (Å²) >= 11 is 6.07. The summed E-state index contributed by atoms with van der Waals surface area (Å²) in [5, 5.41) is 0.718. The first-order valence-corrected chi connectivity index (χ1v) is 11.9. The molecule has 1 amide bonds. The van der Waals surface area contributed by atoms with Gasteiger partial charge in [0.25, 0.3) is 0 Å². The molecule has 1 heterocycles. The zero-order valence-electron chi connectivity index (χ0n) is 17.0. The number of rotatable bonds is 5. The number of carbonyl (C=O) groups is 1. The summed E-state index contributed by atoms with van der Waals surface area (Å²) in [4.78, 5) is 11.6. The smallest absolute Gasteiger partial charge is 0.235 e. The molecule has 1 fully saturated rings. The molecule has 4 rings (SSSR count). The second-order valence-corrected chi connectivity index (χ2v) is 9.93. The Hall–Kier alpha value is -2.83. The fraction of sp³-hybridized carbons (Fsp3) is 0.208. The molecule has 1 aliphatic rings. The van der Waals surface area contributed by atoms with Crippen LogP contribution in [-0.4, -0.2) is 20.1 Å². The Labute approximate surface area is 187 Å². The van der Waals surface area contributed by atoms with Crippen LogP contribution in [0.1, 0.15) is 29.0 Å². The van der Waals surface area contributed by atoms with Gasteiger partial charge in [-0.05, 0) is 65.1 Å². The van der Waals surface area contributed by atoms with E-state index >= 15 is 0 Å². The van der Waals surface area contributed by atoms with Crippen molar-refractivity contribution in [3.63, 3.8) is 0 Å². The summed E-state index contributed by atoms with van der Waals surface area (Å²) in [7, 11) is -3.56. The summed E-state index contributed by atoms with van der Waals surface area (Å²) in [5.41, 5.74) is 5.18. The lowest BCUT2D eigenvalue weighted by Crippen LogP contribution is -2.40. The second kappa shape index (κ2) is 8.73. The van der Waals surface area contributed by atoms with Crippen molar-refractivity contribution < 1.29 is 17.9 Å². The van der Waals surface area contributed by atoms with E-state index in [9.17, 15) is 13.2 Å². The minimum atomic E-state index is -3.56. The van der Waals surface area contributed by atoms with Gasteiger partial charge in [0.1, 0.15) is 12.4 Å². The number of hydrogen-bond donors (Lipinski definition) is 1.